The van der Waals surface area contributed by atoms with Crippen LogP contribution >= 0.6 is 0 Å². The molecule has 3 aromatic carbocycles. The topological polar surface area (TPSA) is 138 Å². The monoisotopic (exact) mass is 643 g/mol. The molecule has 248 valence electrons. The highest BCUT2D eigenvalue weighted by Crippen LogP contribution is 2.42. The third-order valence-electron chi connectivity index (χ3n) is 9.32. The Hall–Kier alpha value is -4.13. The van der Waals surface area contributed by atoms with Crippen LogP contribution in [0, 0.1) is 5.92 Å². The minimum atomic E-state index is -1.02. The first-order valence-corrected chi connectivity index (χ1v) is 16.1. The summed E-state index contributed by atoms with van der Waals surface area (Å²) in [4.78, 5) is 41.8. The fourth-order valence-corrected chi connectivity index (χ4v) is 6.61. The maximum atomic E-state index is 13.2. The summed E-state index contributed by atoms with van der Waals surface area (Å²) in [6.45, 7) is 3.75. The Balaban J connectivity index is 1.15. The van der Waals surface area contributed by atoms with Crippen LogP contribution in [0.3, 0.4) is 0 Å². The van der Waals surface area contributed by atoms with E-state index in [4.69, 9.17) is 14.2 Å². The van der Waals surface area contributed by atoms with Gasteiger partial charge in [-0.2, -0.15) is 0 Å². The van der Waals surface area contributed by atoms with Crippen LogP contribution in [-0.4, -0.2) is 70.9 Å². The van der Waals surface area contributed by atoms with Gasteiger partial charge in [-0.15, -0.1) is 0 Å². The maximum absolute atomic E-state index is 13.2. The fraction of sp³-hybridized carbons (Fsp3) is 0.417. The second-order valence-electron chi connectivity index (χ2n) is 12.4. The van der Waals surface area contributed by atoms with Gasteiger partial charge in [-0.3, -0.25) is 14.5 Å². The Bertz CT molecular complexity index is 1530. The van der Waals surface area contributed by atoms with Crippen molar-refractivity contribution in [3.8, 4) is 0 Å². The van der Waals surface area contributed by atoms with Crippen LogP contribution in [0.2, 0.25) is 0 Å². The third-order valence-corrected chi connectivity index (χ3v) is 9.32. The van der Waals surface area contributed by atoms with Gasteiger partial charge in [0.1, 0.15) is 12.6 Å². The molecule has 1 unspecified atom stereocenters. The minimum absolute atomic E-state index is 0.00546. The second-order valence-corrected chi connectivity index (χ2v) is 12.4. The van der Waals surface area contributed by atoms with Crippen LogP contribution in [0.1, 0.15) is 60.8 Å². The lowest BCUT2D eigenvalue weighted by atomic mass is 9.90. The van der Waals surface area contributed by atoms with Gasteiger partial charge in [-0.25, -0.2) is 9.69 Å². The lowest BCUT2D eigenvalue weighted by Gasteiger charge is -2.43. The van der Waals surface area contributed by atoms with Crippen LogP contribution in [0.15, 0.2) is 78.9 Å². The predicted molar refractivity (Wildman–Crippen MR) is 172 cm³/mol. The number of aliphatic hydroxyl groups is 2. The van der Waals surface area contributed by atoms with Gasteiger partial charge >= 0.3 is 6.09 Å². The number of nitrogens with one attached hydrogen (secondary N) is 1. The molecule has 3 saturated heterocycles. The Morgan fingerprint density at radius 1 is 0.936 bits per heavy atom. The number of benzene rings is 3. The normalized spacial score (nSPS) is 26.5. The molecule has 3 aliphatic rings. The molecule has 0 saturated carbocycles. The highest BCUT2D eigenvalue weighted by molar-refractivity contribution is 6.22. The van der Waals surface area contributed by atoms with Gasteiger partial charge in [-0.05, 0) is 48.2 Å². The lowest BCUT2D eigenvalue weighted by molar-refractivity contribution is -0.276. The number of nitrogens with zero attached hydrogens (tertiary/aromatic N) is 2. The number of likely N-dealkylation sites (tertiary alicyclic amines) is 1. The highest BCUT2D eigenvalue weighted by atomic mass is 16.7. The van der Waals surface area contributed by atoms with Crippen molar-refractivity contribution >= 4 is 23.6 Å². The van der Waals surface area contributed by atoms with Crippen molar-refractivity contribution in [1.82, 2.24) is 10.2 Å². The van der Waals surface area contributed by atoms with E-state index in [9.17, 15) is 24.6 Å². The quantitative estimate of drug-likeness (QED) is 0.280. The number of imide groups is 1. The molecular formula is C36H41N3O8. The van der Waals surface area contributed by atoms with Crippen LogP contribution < -0.4 is 10.2 Å². The average molecular weight is 644 g/mol. The summed E-state index contributed by atoms with van der Waals surface area (Å²) in [5.74, 6) is -0.964. The van der Waals surface area contributed by atoms with Crippen molar-refractivity contribution in [2.24, 2.45) is 5.92 Å². The molecule has 47 heavy (non-hydrogen) atoms. The lowest BCUT2D eigenvalue weighted by Crippen LogP contribution is -2.46. The summed E-state index contributed by atoms with van der Waals surface area (Å²) in [7, 11) is 0. The molecule has 0 aliphatic carbocycles. The van der Waals surface area contributed by atoms with Gasteiger partial charge < -0.3 is 29.7 Å². The molecule has 3 aliphatic heterocycles. The molecule has 0 aromatic heterocycles. The number of aliphatic hydroxyl groups excluding tert-OH is 2. The van der Waals surface area contributed by atoms with E-state index in [0.29, 0.717) is 12.2 Å². The number of hydrogen-bond acceptors (Lipinski definition) is 9. The zero-order valence-corrected chi connectivity index (χ0v) is 26.4. The van der Waals surface area contributed by atoms with Crippen LogP contribution in [-0.2, 0) is 37.0 Å². The molecule has 3 heterocycles. The van der Waals surface area contributed by atoms with Gasteiger partial charge in [0, 0.05) is 24.1 Å². The molecule has 0 bridgehead atoms. The van der Waals surface area contributed by atoms with Crippen LogP contribution in [0.5, 0.6) is 0 Å². The van der Waals surface area contributed by atoms with Crippen molar-refractivity contribution in [2.45, 2.75) is 70.0 Å². The van der Waals surface area contributed by atoms with E-state index in [1.165, 1.54) is 0 Å². The van der Waals surface area contributed by atoms with Crippen molar-refractivity contribution < 1.29 is 38.8 Å². The van der Waals surface area contributed by atoms with E-state index in [0.717, 1.165) is 46.5 Å². The zero-order chi connectivity index (χ0) is 32.9. The van der Waals surface area contributed by atoms with Gasteiger partial charge in [0.15, 0.2) is 6.29 Å². The van der Waals surface area contributed by atoms with Gasteiger partial charge in [0.2, 0.25) is 5.91 Å². The summed E-state index contributed by atoms with van der Waals surface area (Å²) in [6, 6.07) is 22.9. The predicted octanol–water partition coefficient (Wildman–Crippen LogP) is 3.99. The van der Waals surface area contributed by atoms with E-state index in [1.807, 2.05) is 54.6 Å². The number of carbonyl (C=O) groups excluding carboxylic acids is 3. The van der Waals surface area contributed by atoms with Crippen molar-refractivity contribution in [3.05, 3.63) is 101 Å². The smallest absolute Gasteiger partial charge is 0.408 e. The first-order valence-electron chi connectivity index (χ1n) is 16.1. The van der Waals surface area contributed by atoms with Crippen molar-refractivity contribution in [1.29, 1.82) is 0 Å². The minimum Gasteiger partial charge on any atom is -0.445 e. The number of ether oxygens (including phenoxy) is 3. The number of rotatable bonds is 10. The molecule has 11 nitrogen and oxygen atoms in total. The molecule has 3 aromatic rings. The standard InChI is InChI=1S/C36H41N3O8/c1-23-31(19-38-17-5-8-29(38)21-41)46-35(47-33(23)26-11-9-24(20-40)10-12-26)27-13-15-28(16-14-27)39-32(42)18-30(34(39)43)37-36(44)45-22-25-6-3-2-4-7-25/h2-4,6-7,9-16,23,29-31,33,35,40-41H,5,8,17-22H2,1H3,(H,37,44)/t23-,29+,30?,31+,33+,35+/m1/s1. The Kier molecular flexibility index (Phi) is 10.3. The first-order chi connectivity index (χ1) is 22.8. The molecule has 3 N–H and O–H groups in total. The summed E-state index contributed by atoms with van der Waals surface area (Å²) >= 11 is 0. The summed E-state index contributed by atoms with van der Waals surface area (Å²) in [6.07, 6.45) is -0.176. The fourth-order valence-electron chi connectivity index (χ4n) is 6.61. The van der Waals surface area contributed by atoms with Crippen molar-refractivity contribution in [3.63, 3.8) is 0 Å². The van der Waals surface area contributed by atoms with E-state index in [1.54, 1.807) is 24.3 Å². The molecular weight excluding hydrogens is 602 g/mol. The van der Waals surface area contributed by atoms with Gasteiger partial charge in [0.25, 0.3) is 5.91 Å². The molecule has 6 atom stereocenters. The zero-order valence-electron chi connectivity index (χ0n) is 26.4. The average Bonchev–Trinajstić information content (AvgIpc) is 3.67. The number of carbonyl (C=O) groups is 3. The molecule has 0 radical (unpaired) electrons. The Labute approximate surface area is 274 Å². The molecule has 0 spiro atoms. The molecule has 11 heteroatoms. The largest absolute Gasteiger partial charge is 0.445 e. The van der Waals surface area contributed by atoms with E-state index in [-0.39, 0.29) is 50.4 Å². The third kappa shape index (κ3) is 7.39. The number of alkyl carbamates (subject to hydrolysis) is 1. The highest BCUT2D eigenvalue weighted by Gasteiger charge is 2.42. The first kappa shape index (κ1) is 32.8. The second kappa shape index (κ2) is 14.7. The van der Waals surface area contributed by atoms with Crippen LogP contribution in [0.25, 0.3) is 0 Å². The van der Waals surface area contributed by atoms with E-state index < -0.39 is 30.2 Å². The maximum Gasteiger partial charge on any atom is 0.408 e. The number of hydrogen-bond donors (Lipinski definition) is 3. The van der Waals surface area contributed by atoms with E-state index in [2.05, 4.69) is 17.1 Å². The van der Waals surface area contributed by atoms with Gasteiger partial charge in [-0.1, -0.05) is 73.7 Å². The van der Waals surface area contributed by atoms with Gasteiger partial charge in [0.05, 0.1) is 37.5 Å². The van der Waals surface area contributed by atoms with E-state index >= 15 is 0 Å². The Morgan fingerprint density at radius 3 is 2.36 bits per heavy atom. The molecule has 3 amide bonds. The number of amides is 3. The Morgan fingerprint density at radius 2 is 1.66 bits per heavy atom. The summed E-state index contributed by atoms with van der Waals surface area (Å²) in [5, 5.41) is 22.0. The SMILES string of the molecule is C[C@@H]1[C@H](CN2CCC[C@H]2CO)O[C@H](c2ccc(N3C(=O)CC(NC(=O)OCc4ccccc4)C3=O)cc2)O[C@@H]1c1ccc(CO)cc1. The van der Waals surface area contributed by atoms with Crippen molar-refractivity contribution in [2.75, 3.05) is 24.6 Å². The number of anilines is 1. The summed E-state index contributed by atoms with van der Waals surface area (Å²) < 4.78 is 18.4. The molecule has 6 rings (SSSR count). The summed E-state index contributed by atoms with van der Waals surface area (Å²) in [5.41, 5.74) is 3.69. The molecule has 3 fully saturated rings. The van der Waals surface area contributed by atoms with Crippen LogP contribution in [0.4, 0.5) is 10.5 Å².